The molecule has 1 heterocycles. The highest BCUT2D eigenvalue weighted by atomic mass is 16.1. The van der Waals surface area contributed by atoms with Gasteiger partial charge in [0, 0.05) is 19.8 Å². The first kappa shape index (κ1) is 16.5. The average Bonchev–Trinajstić information content (AvgIpc) is 2.63. The van der Waals surface area contributed by atoms with Gasteiger partial charge in [-0.2, -0.15) is 0 Å². The SMILES string of the molecule is Cn1c(=O)c(=Cc2ccc(N)cc2)n(C)c(=O)c1=Cc1ccccc1. The lowest BCUT2D eigenvalue weighted by Crippen LogP contribution is -2.56. The van der Waals surface area contributed by atoms with Crippen molar-refractivity contribution in [1.29, 1.82) is 0 Å². The highest BCUT2D eigenvalue weighted by Crippen LogP contribution is 2.05. The van der Waals surface area contributed by atoms with Crippen LogP contribution in [0.2, 0.25) is 0 Å². The fraction of sp³-hybridized carbons (Fsp3) is 0.100. The van der Waals surface area contributed by atoms with Crippen molar-refractivity contribution in [2.75, 3.05) is 5.73 Å². The van der Waals surface area contributed by atoms with E-state index < -0.39 is 0 Å². The minimum absolute atomic E-state index is 0.229. The summed E-state index contributed by atoms with van der Waals surface area (Å²) in [5.74, 6) is 0. The molecule has 0 unspecified atom stereocenters. The predicted octanol–water partition coefficient (Wildman–Crippen LogP) is 0.324. The van der Waals surface area contributed by atoms with Gasteiger partial charge >= 0.3 is 0 Å². The van der Waals surface area contributed by atoms with Crippen LogP contribution in [0.1, 0.15) is 11.1 Å². The maximum atomic E-state index is 12.8. The molecule has 3 aromatic rings. The van der Waals surface area contributed by atoms with E-state index in [1.807, 2.05) is 42.5 Å². The highest BCUT2D eigenvalue weighted by Gasteiger charge is 2.05. The molecule has 2 N–H and O–H groups in total. The van der Waals surface area contributed by atoms with E-state index in [-0.39, 0.29) is 11.1 Å². The number of nitrogen functional groups attached to an aromatic ring is 1. The Bertz CT molecular complexity index is 1140. The maximum Gasteiger partial charge on any atom is 0.274 e. The minimum atomic E-state index is -0.235. The van der Waals surface area contributed by atoms with E-state index in [1.54, 1.807) is 38.4 Å². The summed E-state index contributed by atoms with van der Waals surface area (Å²) < 4.78 is 2.77. The number of aromatic nitrogens is 2. The largest absolute Gasteiger partial charge is 0.399 e. The summed E-state index contributed by atoms with van der Waals surface area (Å²) in [5.41, 5.74) is 7.54. The van der Waals surface area contributed by atoms with Crippen molar-refractivity contribution in [2.24, 2.45) is 14.1 Å². The zero-order valence-electron chi connectivity index (χ0n) is 14.1. The molecule has 126 valence electrons. The van der Waals surface area contributed by atoms with Crippen LogP contribution in [0.25, 0.3) is 12.2 Å². The fourth-order valence-corrected chi connectivity index (χ4v) is 2.62. The number of nitrogens with two attached hydrogens (primary N) is 1. The first-order chi connectivity index (χ1) is 12.0. The zero-order valence-corrected chi connectivity index (χ0v) is 14.1. The molecule has 5 nitrogen and oxygen atoms in total. The van der Waals surface area contributed by atoms with Crippen LogP contribution in [0.15, 0.2) is 64.2 Å². The molecular formula is C20H19N3O2. The van der Waals surface area contributed by atoms with Gasteiger partial charge in [0.15, 0.2) is 0 Å². The Morgan fingerprint density at radius 2 is 1.16 bits per heavy atom. The molecule has 3 rings (SSSR count). The van der Waals surface area contributed by atoms with Crippen molar-refractivity contribution in [3.05, 3.63) is 97.1 Å². The summed E-state index contributed by atoms with van der Waals surface area (Å²) in [6, 6.07) is 16.6. The van der Waals surface area contributed by atoms with Crippen LogP contribution in [0.5, 0.6) is 0 Å². The molecule has 0 fully saturated rings. The normalized spacial score (nSPS) is 12.6. The van der Waals surface area contributed by atoms with Crippen molar-refractivity contribution in [3.63, 3.8) is 0 Å². The maximum absolute atomic E-state index is 12.8. The molecule has 0 aliphatic heterocycles. The summed E-state index contributed by atoms with van der Waals surface area (Å²) >= 11 is 0. The van der Waals surface area contributed by atoms with Gasteiger partial charge in [-0.25, -0.2) is 0 Å². The van der Waals surface area contributed by atoms with Gasteiger partial charge < -0.3 is 14.9 Å². The third-order valence-corrected chi connectivity index (χ3v) is 4.11. The second kappa shape index (κ2) is 6.65. The summed E-state index contributed by atoms with van der Waals surface area (Å²) in [6.45, 7) is 0. The molecule has 0 spiro atoms. The molecule has 0 aliphatic carbocycles. The lowest BCUT2D eigenvalue weighted by atomic mass is 10.2. The van der Waals surface area contributed by atoms with Gasteiger partial charge in [0.2, 0.25) is 0 Å². The van der Waals surface area contributed by atoms with Crippen LogP contribution >= 0.6 is 0 Å². The molecule has 0 saturated heterocycles. The Morgan fingerprint density at radius 3 is 1.64 bits per heavy atom. The Labute approximate surface area is 144 Å². The van der Waals surface area contributed by atoms with Crippen LogP contribution in [-0.4, -0.2) is 9.13 Å². The lowest BCUT2D eigenvalue weighted by molar-refractivity contribution is 0.696. The summed E-state index contributed by atoms with van der Waals surface area (Å²) in [7, 11) is 3.22. The van der Waals surface area contributed by atoms with Crippen molar-refractivity contribution >= 4 is 17.8 Å². The molecule has 1 aromatic heterocycles. The minimum Gasteiger partial charge on any atom is -0.399 e. The number of hydrogen-bond donors (Lipinski definition) is 1. The van der Waals surface area contributed by atoms with Gasteiger partial charge in [-0.15, -0.1) is 0 Å². The molecule has 0 bridgehead atoms. The van der Waals surface area contributed by atoms with E-state index in [0.29, 0.717) is 16.4 Å². The van der Waals surface area contributed by atoms with Crippen LogP contribution in [0.3, 0.4) is 0 Å². The van der Waals surface area contributed by atoms with Crippen molar-refractivity contribution in [1.82, 2.24) is 9.13 Å². The van der Waals surface area contributed by atoms with Gasteiger partial charge in [0.1, 0.15) is 10.7 Å². The summed E-state index contributed by atoms with van der Waals surface area (Å²) in [4.78, 5) is 25.5. The van der Waals surface area contributed by atoms with E-state index >= 15 is 0 Å². The Balaban J connectivity index is 2.29. The number of nitrogens with zero attached hydrogens (tertiary/aromatic N) is 2. The molecule has 0 amide bonds. The topological polar surface area (TPSA) is 70.0 Å². The van der Waals surface area contributed by atoms with Crippen molar-refractivity contribution in [2.45, 2.75) is 0 Å². The third kappa shape index (κ3) is 3.30. The molecule has 2 aromatic carbocycles. The molecule has 5 heteroatoms. The fourth-order valence-electron chi connectivity index (χ4n) is 2.62. The molecule has 0 radical (unpaired) electrons. The smallest absolute Gasteiger partial charge is 0.274 e. The zero-order chi connectivity index (χ0) is 18.0. The van der Waals surface area contributed by atoms with Gasteiger partial charge in [0.05, 0.1) is 0 Å². The van der Waals surface area contributed by atoms with Crippen LogP contribution in [0, 0.1) is 0 Å². The van der Waals surface area contributed by atoms with Gasteiger partial charge in [-0.1, -0.05) is 42.5 Å². The van der Waals surface area contributed by atoms with E-state index in [4.69, 9.17) is 5.73 Å². The van der Waals surface area contributed by atoms with Crippen LogP contribution < -0.4 is 27.6 Å². The molecule has 0 saturated carbocycles. The van der Waals surface area contributed by atoms with E-state index in [2.05, 4.69) is 0 Å². The Kier molecular flexibility index (Phi) is 4.39. The van der Waals surface area contributed by atoms with E-state index in [9.17, 15) is 9.59 Å². The van der Waals surface area contributed by atoms with Gasteiger partial charge in [0.25, 0.3) is 11.1 Å². The van der Waals surface area contributed by atoms with Gasteiger partial charge in [-0.3, -0.25) is 9.59 Å². The first-order valence-corrected chi connectivity index (χ1v) is 7.87. The Hall–Kier alpha value is -3.34. The standard InChI is InChI=1S/C20H19N3O2/c1-22-17(12-14-6-4-3-5-7-14)19(24)23(2)18(20(22)25)13-15-8-10-16(21)11-9-15/h3-13H,21H2,1-2H3. The number of benzene rings is 2. The lowest BCUT2D eigenvalue weighted by Gasteiger charge is -2.05. The summed E-state index contributed by atoms with van der Waals surface area (Å²) in [6.07, 6.45) is 3.41. The third-order valence-electron chi connectivity index (χ3n) is 4.11. The quantitative estimate of drug-likeness (QED) is 0.687. The second-order valence-corrected chi connectivity index (χ2v) is 5.86. The number of anilines is 1. The molecular weight excluding hydrogens is 314 g/mol. The number of rotatable bonds is 2. The number of hydrogen-bond acceptors (Lipinski definition) is 3. The highest BCUT2D eigenvalue weighted by molar-refractivity contribution is 5.53. The Morgan fingerprint density at radius 1 is 0.720 bits per heavy atom. The molecule has 25 heavy (non-hydrogen) atoms. The van der Waals surface area contributed by atoms with Crippen LogP contribution in [0.4, 0.5) is 5.69 Å². The molecule has 0 aliphatic rings. The van der Waals surface area contributed by atoms with Crippen LogP contribution in [-0.2, 0) is 14.1 Å². The monoisotopic (exact) mass is 333 g/mol. The average molecular weight is 333 g/mol. The first-order valence-electron chi connectivity index (χ1n) is 7.87. The van der Waals surface area contributed by atoms with Crippen molar-refractivity contribution < 1.29 is 0 Å². The second-order valence-electron chi connectivity index (χ2n) is 5.86. The molecule has 0 atom stereocenters. The summed E-state index contributed by atoms with van der Waals surface area (Å²) in [5, 5.41) is 0.663. The predicted molar refractivity (Wildman–Crippen MR) is 101 cm³/mol. The van der Waals surface area contributed by atoms with Gasteiger partial charge in [-0.05, 0) is 35.4 Å². The van der Waals surface area contributed by atoms with E-state index in [0.717, 1.165) is 11.1 Å². The van der Waals surface area contributed by atoms with E-state index in [1.165, 1.54) is 9.13 Å². The van der Waals surface area contributed by atoms with Crippen molar-refractivity contribution in [3.8, 4) is 0 Å².